The Hall–Kier alpha value is -2.54. The fourth-order valence-electron chi connectivity index (χ4n) is 2.62. The lowest BCUT2D eigenvalue weighted by Gasteiger charge is -2.19. The number of rotatable bonds is 7. The second-order valence-corrected chi connectivity index (χ2v) is 7.91. The zero-order chi connectivity index (χ0) is 19.3. The minimum Gasteiger partial charge on any atom is -0.496 e. The van der Waals surface area contributed by atoms with Gasteiger partial charge in [-0.05, 0) is 36.2 Å². The molecule has 0 saturated heterocycles. The van der Waals surface area contributed by atoms with Gasteiger partial charge in [0.15, 0.2) is 9.84 Å². The Morgan fingerprint density at radius 2 is 1.69 bits per heavy atom. The number of sulfone groups is 1. The van der Waals surface area contributed by atoms with Crippen molar-refractivity contribution >= 4 is 15.7 Å². The van der Waals surface area contributed by atoms with Crippen molar-refractivity contribution in [2.75, 3.05) is 34.1 Å². The molecule has 0 atom stereocenters. The van der Waals surface area contributed by atoms with Crippen LogP contribution in [0, 0.1) is 0 Å². The number of methoxy groups -OCH3 is 2. The molecule has 0 radical (unpaired) electrons. The van der Waals surface area contributed by atoms with Crippen LogP contribution in [0.5, 0.6) is 11.5 Å². The highest BCUT2D eigenvalue weighted by atomic mass is 32.2. The average Bonchev–Trinajstić information content (AvgIpc) is 2.64. The Kier molecular flexibility index (Phi) is 6.26. The highest BCUT2D eigenvalue weighted by molar-refractivity contribution is 7.90. The van der Waals surface area contributed by atoms with Gasteiger partial charge in [-0.25, -0.2) is 8.42 Å². The first-order valence-corrected chi connectivity index (χ1v) is 9.92. The van der Waals surface area contributed by atoms with Crippen LogP contribution in [0.1, 0.15) is 15.9 Å². The highest BCUT2D eigenvalue weighted by Gasteiger charge is 2.19. The monoisotopic (exact) mass is 377 g/mol. The molecule has 0 saturated carbocycles. The summed E-state index contributed by atoms with van der Waals surface area (Å²) in [7, 11) is 1.18. The van der Waals surface area contributed by atoms with E-state index in [1.165, 1.54) is 19.2 Å². The van der Waals surface area contributed by atoms with E-state index in [4.69, 9.17) is 9.47 Å². The van der Waals surface area contributed by atoms with Gasteiger partial charge in [0.05, 0.1) is 14.2 Å². The maximum absolute atomic E-state index is 12.7. The number of hydrogen-bond acceptors (Lipinski definition) is 5. The van der Waals surface area contributed by atoms with Gasteiger partial charge in [0, 0.05) is 25.4 Å². The lowest BCUT2D eigenvalue weighted by molar-refractivity contribution is 0.0796. The Morgan fingerprint density at radius 3 is 2.31 bits per heavy atom. The van der Waals surface area contributed by atoms with Crippen LogP contribution in [0.25, 0.3) is 0 Å². The molecule has 7 heteroatoms. The molecule has 0 spiro atoms. The van der Waals surface area contributed by atoms with Crippen molar-refractivity contribution in [3.63, 3.8) is 0 Å². The van der Waals surface area contributed by atoms with Crippen LogP contribution in [0.3, 0.4) is 0 Å². The molecule has 140 valence electrons. The molecule has 0 aliphatic heterocycles. The number of carbonyl (C=O) groups excluding carboxylic acids is 1. The predicted molar refractivity (Wildman–Crippen MR) is 99.8 cm³/mol. The van der Waals surface area contributed by atoms with Crippen LogP contribution < -0.4 is 9.47 Å². The summed E-state index contributed by atoms with van der Waals surface area (Å²) in [6.07, 6.45) is 1.71. The molecule has 1 amide bonds. The fourth-order valence-corrected chi connectivity index (χ4v) is 3.48. The van der Waals surface area contributed by atoms with Gasteiger partial charge in [0.1, 0.15) is 16.4 Å². The lowest BCUT2D eigenvalue weighted by atomic mass is 10.1. The zero-order valence-corrected chi connectivity index (χ0v) is 16.2. The van der Waals surface area contributed by atoms with E-state index in [-0.39, 0.29) is 16.6 Å². The first kappa shape index (κ1) is 19.8. The molecule has 0 bridgehead atoms. The lowest BCUT2D eigenvalue weighted by Crippen LogP contribution is -2.29. The zero-order valence-electron chi connectivity index (χ0n) is 15.4. The Bertz CT molecular complexity index is 893. The third-order valence-corrected chi connectivity index (χ3v) is 5.18. The third-order valence-electron chi connectivity index (χ3n) is 4.07. The van der Waals surface area contributed by atoms with Gasteiger partial charge in [0.25, 0.3) is 5.91 Å². The van der Waals surface area contributed by atoms with Gasteiger partial charge in [-0.2, -0.15) is 0 Å². The van der Waals surface area contributed by atoms with E-state index in [1.807, 2.05) is 24.3 Å². The fraction of sp³-hybridized carbons (Fsp3) is 0.316. The third kappa shape index (κ3) is 4.54. The predicted octanol–water partition coefficient (Wildman–Crippen LogP) is 2.42. The summed E-state index contributed by atoms with van der Waals surface area (Å²) < 4.78 is 34.2. The molecule has 0 fully saturated rings. The SMILES string of the molecule is COc1ccccc1CCN(C)C(=O)c1ccc(OC)c(S(C)(=O)=O)c1. The molecule has 0 aliphatic carbocycles. The van der Waals surface area contributed by atoms with Crippen LogP contribution in [-0.2, 0) is 16.3 Å². The maximum atomic E-state index is 12.7. The first-order valence-electron chi connectivity index (χ1n) is 8.03. The molecular weight excluding hydrogens is 354 g/mol. The summed E-state index contributed by atoms with van der Waals surface area (Å²) >= 11 is 0. The number of hydrogen-bond donors (Lipinski definition) is 0. The molecule has 0 N–H and O–H groups in total. The van der Waals surface area contributed by atoms with Gasteiger partial charge in [-0.3, -0.25) is 4.79 Å². The van der Waals surface area contributed by atoms with Crippen LogP contribution in [-0.4, -0.2) is 53.3 Å². The minimum atomic E-state index is -3.50. The van der Waals surface area contributed by atoms with E-state index in [9.17, 15) is 13.2 Å². The molecule has 2 aromatic rings. The van der Waals surface area contributed by atoms with E-state index in [0.29, 0.717) is 18.5 Å². The normalized spacial score (nSPS) is 11.1. The standard InChI is InChI=1S/C19H23NO5S/c1-20(12-11-14-7-5-6-8-16(14)24-2)19(21)15-9-10-17(25-3)18(13-15)26(4,22)23/h5-10,13H,11-12H2,1-4H3. The average molecular weight is 377 g/mol. The molecule has 0 aromatic heterocycles. The summed E-state index contributed by atoms with van der Waals surface area (Å²) in [5.41, 5.74) is 1.30. The van der Waals surface area contributed by atoms with Crippen molar-refractivity contribution in [3.8, 4) is 11.5 Å². The Labute approximate surface area is 154 Å². The molecule has 0 aliphatic rings. The summed E-state index contributed by atoms with van der Waals surface area (Å²) in [6, 6.07) is 12.1. The summed E-state index contributed by atoms with van der Waals surface area (Å²) in [5.74, 6) is 0.741. The van der Waals surface area contributed by atoms with Crippen LogP contribution in [0.2, 0.25) is 0 Å². The first-order chi connectivity index (χ1) is 12.3. The molecule has 0 heterocycles. The molecule has 2 rings (SSSR count). The topological polar surface area (TPSA) is 72.9 Å². The highest BCUT2D eigenvalue weighted by Crippen LogP contribution is 2.25. The van der Waals surface area contributed by atoms with E-state index in [2.05, 4.69) is 0 Å². The Morgan fingerprint density at radius 1 is 1.04 bits per heavy atom. The number of nitrogens with zero attached hydrogens (tertiary/aromatic N) is 1. The molecular formula is C19H23NO5S. The second kappa shape index (κ2) is 8.23. The molecule has 0 unspecified atom stereocenters. The number of carbonyl (C=O) groups is 1. The van der Waals surface area contributed by atoms with Gasteiger partial charge in [0.2, 0.25) is 0 Å². The van der Waals surface area contributed by atoms with Crippen molar-refractivity contribution in [1.29, 1.82) is 0 Å². The van der Waals surface area contributed by atoms with Crippen molar-refractivity contribution in [2.45, 2.75) is 11.3 Å². The van der Waals surface area contributed by atoms with Gasteiger partial charge >= 0.3 is 0 Å². The number of benzene rings is 2. The smallest absolute Gasteiger partial charge is 0.253 e. The summed E-state index contributed by atoms with van der Waals surface area (Å²) in [5, 5.41) is 0. The van der Waals surface area contributed by atoms with Crippen LogP contribution >= 0.6 is 0 Å². The maximum Gasteiger partial charge on any atom is 0.253 e. The van der Waals surface area contributed by atoms with Gasteiger partial charge in [-0.15, -0.1) is 0 Å². The van der Waals surface area contributed by atoms with E-state index in [1.54, 1.807) is 25.1 Å². The van der Waals surface area contributed by atoms with Crippen LogP contribution in [0.4, 0.5) is 0 Å². The number of para-hydroxylation sites is 1. The number of amides is 1. The summed E-state index contributed by atoms with van der Waals surface area (Å²) in [6.45, 7) is 0.472. The van der Waals surface area contributed by atoms with Crippen LogP contribution in [0.15, 0.2) is 47.4 Å². The molecule has 2 aromatic carbocycles. The molecule has 6 nitrogen and oxygen atoms in total. The van der Waals surface area contributed by atoms with Crippen molar-refractivity contribution in [2.24, 2.45) is 0 Å². The second-order valence-electron chi connectivity index (χ2n) is 5.93. The van der Waals surface area contributed by atoms with Gasteiger partial charge in [-0.1, -0.05) is 18.2 Å². The number of likely N-dealkylation sites (N-methyl/N-ethyl adjacent to an activating group) is 1. The quantitative estimate of drug-likeness (QED) is 0.741. The van der Waals surface area contributed by atoms with E-state index >= 15 is 0 Å². The number of ether oxygens (including phenoxy) is 2. The van der Waals surface area contributed by atoms with Crippen molar-refractivity contribution in [3.05, 3.63) is 53.6 Å². The van der Waals surface area contributed by atoms with E-state index < -0.39 is 9.84 Å². The van der Waals surface area contributed by atoms with Crippen molar-refractivity contribution in [1.82, 2.24) is 4.90 Å². The summed E-state index contributed by atoms with van der Waals surface area (Å²) in [4.78, 5) is 14.2. The largest absolute Gasteiger partial charge is 0.496 e. The Balaban J connectivity index is 2.18. The minimum absolute atomic E-state index is 0.00368. The van der Waals surface area contributed by atoms with Crippen molar-refractivity contribution < 1.29 is 22.7 Å². The van der Waals surface area contributed by atoms with Gasteiger partial charge < -0.3 is 14.4 Å². The molecule has 26 heavy (non-hydrogen) atoms. The van der Waals surface area contributed by atoms with E-state index in [0.717, 1.165) is 17.6 Å².